The second-order valence-corrected chi connectivity index (χ2v) is 9.20. The third-order valence-electron chi connectivity index (χ3n) is 6.54. The number of rotatable bonds is 8. The number of benzene rings is 1. The lowest BCUT2D eigenvalue weighted by atomic mass is 9.96. The van der Waals surface area contributed by atoms with Crippen LogP contribution in [0.25, 0.3) is 5.82 Å². The molecule has 178 valence electrons. The molecule has 0 aliphatic carbocycles. The highest BCUT2D eigenvalue weighted by Gasteiger charge is 2.41. The summed E-state index contributed by atoms with van der Waals surface area (Å²) in [5.74, 6) is 0.926. The van der Waals surface area contributed by atoms with E-state index in [-0.39, 0.29) is 12.1 Å². The van der Waals surface area contributed by atoms with Gasteiger partial charge in [0, 0.05) is 42.6 Å². The van der Waals surface area contributed by atoms with Crippen LogP contribution in [0.15, 0.2) is 85.2 Å². The topological polar surface area (TPSA) is 58.0 Å². The number of hydrogen-bond acceptors (Lipinski definition) is 4. The smallest absolute Gasteiger partial charge is 0.170 e. The zero-order chi connectivity index (χ0) is 24.2. The molecule has 0 saturated carbocycles. The van der Waals surface area contributed by atoms with Crippen molar-refractivity contribution in [1.29, 1.82) is 0 Å². The van der Waals surface area contributed by atoms with Crippen LogP contribution in [-0.2, 0) is 0 Å². The van der Waals surface area contributed by atoms with Crippen LogP contribution in [0.3, 0.4) is 0 Å². The molecule has 1 aromatic carbocycles. The molecular formula is C28H30N6S. The molecule has 1 fully saturated rings. The number of thiocarbonyl (C=S) groups is 1. The highest BCUT2D eigenvalue weighted by Crippen LogP contribution is 2.41. The average molecular weight is 483 g/mol. The molecule has 0 spiro atoms. The monoisotopic (exact) mass is 482 g/mol. The number of aromatic nitrogens is 3. The maximum Gasteiger partial charge on any atom is 0.170 e. The van der Waals surface area contributed by atoms with E-state index >= 15 is 0 Å². The van der Waals surface area contributed by atoms with Crippen LogP contribution in [-0.4, -0.2) is 37.6 Å². The molecule has 0 radical (unpaired) electrons. The van der Waals surface area contributed by atoms with E-state index in [0.29, 0.717) is 0 Å². The van der Waals surface area contributed by atoms with Gasteiger partial charge in [-0.3, -0.25) is 4.98 Å². The Morgan fingerprint density at radius 3 is 2.40 bits per heavy atom. The summed E-state index contributed by atoms with van der Waals surface area (Å²) in [5, 5.41) is 7.86. The van der Waals surface area contributed by atoms with Crippen LogP contribution in [0, 0.1) is 13.8 Å². The van der Waals surface area contributed by atoms with Gasteiger partial charge in [-0.15, -0.1) is 0 Å². The molecule has 3 aromatic heterocycles. The van der Waals surface area contributed by atoms with Crippen molar-refractivity contribution in [2.24, 2.45) is 0 Å². The molecule has 4 aromatic rings. The number of hydrogen-bond donors (Lipinski definition) is 2. The molecule has 1 saturated heterocycles. The Bertz CT molecular complexity index is 1270. The number of nitrogens with one attached hydrogen (secondary N) is 2. The van der Waals surface area contributed by atoms with Crippen LogP contribution in [0.1, 0.15) is 41.1 Å². The summed E-state index contributed by atoms with van der Waals surface area (Å²) in [6.07, 6.45) is 4.64. The summed E-state index contributed by atoms with van der Waals surface area (Å²) in [4.78, 5) is 11.6. The summed E-state index contributed by atoms with van der Waals surface area (Å²) >= 11 is 5.86. The van der Waals surface area contributed by atoms with Crippen LogP contribution in [0.5, 0.6) is 0 Å². The van der Waals surface area contributed by atoms with Crippen molar-refractivity contribution in [1.82, 2.24) is 24.8 Å². The van der Waals surface area contributed by atoms with Crippen LogP contribution >= 0.6 is 12.2 Å². The molecule has 2 unspecified atom stereocenters. The fourth-order valence-corrected chi connectivity index (χ4v) is 5.28. The standard InChI is InChI=1S/C28H30N6S/c1-20-19-23(21(2)34(20)25-14-7-9-16-31-25)27-26(24-13-6-8-15-30-24)32-28(35)33(27)18-10-17-29-22-11-4-3-5-12-22/h3-9,11-16,19,26-27,29H,10,17-18H2,1-2H3,(H,32,35). The van der Waals surface area contributed by atoms with Gasteiger partial charge in [0.25, 0.3) is 0 Å². The second kappa shape index (κ2) is 10.3. The first kappa shape index (κ1) is 23.1. The molecule has 2 N–H and O–H groups in total. The molecular weight excluding hydrogens is 452 g/mol. The molecule has 35 heavy (non-hydrogen) atoms. The second-order valence-electron chi connectivity index (χ2n) is 8.82. The Morgan fingerprint density at radius 1 is 0.943 bits per heavy atom. The lowest BCUT2D eigenvalue weighted by Gasteiger charge is -2.28. The SMILES string of the molecule is Cc1cc(C2C(c3ccccn3)NC(=S)N2CCCNc2ccccc2)c(C)n1-c1ccccn1. The summed E-state index contributed by atoms with van der Waals surface area (Å²) in [6.45, 7) is 6.02. The third kappa shape index (κ3) is 4.77. The number of anilines is 1. The summed E-state index contributed by atoms with van der Waals surface area (Å²) in [5.41, 5.74) is 5.70. The van der Waals surface area contributed by atoms with Gasteiger partial charge in [-0.05, 0) is 80.5 Å². The van der Waals surface area contributed by atoms with Crippen molar-refractivity contribution in [3.63, 3.8) is 0 Å². The van der Waals surface area contributed by atoms with E-state index in [2.05, 4.69) is 68.2 Å². The van der Waals surface area contributed by atoms with E-state index in [1.807, 2.05) is 60.9 Å². The summed E-state index contributed by atoms with van der Waals surface area (Å²) < 4.78 is 2.22. The van der Waals surface area contributed by atoms with Crippen molar-refractivity contribution in [3.8, 4) is 5.82 Å². The normalized spacial score (nSPS) is 17.4. The minimum atomic E-state index is -0.0246. The van der Waals surface area contributed by atoms with Gasteiger partial charge in [0.2, 0.25) is 0 Å². The molecule has 0 amide bonds. The molecule has 6 nitrogen and oxygen atoms in total. The Morgan fingerprint density at radius 2 is 1.69 bits per heavy atom. The minimum Gasteiger partial charge on any atom is -0.385 e. The average Bonchev–Trinajstić information content (AvgIpc) is 3.38. The molecule has 1 aliphatic rings. The fraction of sp³-hybridized carbons (Fsp3) is 0.250. The molecule has 7 heteroatoms. The van der Waals surface area contributed by atoms with Gasteiger partial charge < -0.3 is 20.1 Å². The zero-order valence-electron chi connectivity index (χ0n) is 20.1. The maximum absolute atomic E-state index is 5.86. The third-order valence-corrected chi connectivity index (χ3v) is 6.90. The Balaban J connectivity index is 1.45. The Labute approximate surface area is 212 Å². The zero-order valence-corrected chi connectivity index (χ0v) is 20.9. The van der Waals surface area contributed by atoms with Gasteiger partial charge in [0.15, 0.2) is 5.11 Å². The Hall–Kier alpha value is -3.71. The van der Waals surface area contributed by atoms with Crippen LogP contribution in [0.2, 0.25) is 0 Å². The van der Waals surface area contributed by atoms with E-state index in [0.717, 1.165) is 47.5 Å². The lowest BCUT2D eigenvalue weighted by molar-refractivity contribution is 0.315. The first-order valence-electron chi connectivity index (χ1n) is 12.0. The minimum absolute atomic E-state index is 0.0246. The van der Waals surface area contributed by atoms with Gasteiger partial charge in [-0.25, -0.2) is 4.98 Å². The lowest BCUT2D eigenvalue weighted by Crippen LogP contribution is -2.31. The predicted octanol–water partition coefficient (Wildman–Crippen LogP) is 5.36. The van der Waals surface area contributed by atoms with Crippen molar-refractivity contribution in [3.05, 3.63) is 108 Å². The molecule has 4 heterocycles. The quantitative estimate of drug-likeness (QED) is 0.261. The molecule has 2 atom stereocenters. The van der Waals surface area contributed by atoms with Gasteiger partial charge in [-0.2, -0.15) is 0 Å². The number of para-hydroxylation sites is 1. The number of aryl methyl sites for hydroxylation is 1. The first-order valence-corrected chi connectivity index (χ1v) is 12.4. The highest BCUT2D eigenvalue weighted by molar-refractivity contribution is 7.80. The van der Waals surface area contributed by atoms with Crippen molar-refractivity contribution in [2.75, 3.05) is 18.4 Å². The maximum atomic E-state index is 5.86. The highest BCUT2D eigenvalue weighted by atomic mass is 32.1. The van der Waals surface area contributed by atoms with Gasteiger partial charge in [-0.1, -0.05) is 30.3 Å². The Kier molecular flexibility index (Phi) is 6.77. The number of nitrogens with zero attached hydrogens (tertiary/aromatic N) is 4. The molecule has 1 aliphatic heterocycles. The van der Waals surface area contributed by atoms with E-state index in [9.17, 15) is 0 Å². The van der Waals surface area contributed by atoms with E-state index in [1.54, 1.807) is 0 Å². The largest absolute Gasteiger partial charge is 0.385 e. The number of pyridine rings is 2. The van der Waals surface area contributed by atoms with E-state index in [4.69, 9.17) is 12.2 Å². The molecule has 0 bridgehead atoms. The van der Waals surface area contributed by atoms with Gasteiger partial charge in [0.05, 0.1) is 17.8 Å². The van der Waals surface area contributed by atoms with Gasteiger partial charge >= 0.3 is 0 Å². The molecule has 5 rings (SSSR count). The first-order chi connectivity index (χ1) is 17.1. The summed E-state index contributed by atoms with van der Waals surface area (Å²) in [6, 6.07) is 24.7. The fourth-order valence-electron chi connectivity index (χ4n) is 4.95. The van der Waals surface area contributed by atoms with Crippen LogP contribution < -0.4 is 10.6 Å². The van der Waals surface area contributed by atoms with E-state index < -0.39 is 0 Å². The van der Waals surface area contributed by atoms with Gasteiger partial charge in [0.1, 0.15) is 5.82 Å². The van der Waals surface area contributed by atoms with Crippen molar-refractivity contribution >= 4 is 23.0 Å². The summed E-state index contributed by atoms with van der Waals surface area (Å²) in [7, 11) is 0. The van der Waals surface area contributed by atoms with Crippen LogP contribution in [0.4, 0.5) is 5.69 Å². The predicted molar refractivity (Wildman–Crippen MR) is 145 cm³/mol. The van der Waals surface area contributed by atoms with E-state index in [1.165, 1.54) is 11.3 Å². The van der Waals surface area contributed by atoms with Crippen molar-refractivity contribution < 1.29 is 0 Å². The van der Waals surface area contributed by atoms with Crippen molar-refractivity contribution in [2.45, 2.75) is 32.4 Å².